The Balaban J connectivity index is 2.34. The Morgan fingerprint density at radius 1 is 1.04 bits per heavy atom. The first-order valence-electron chi connectivity index (χ1n) is 7.87. The fourth-order valence-corrected chi connectivity index (χ4v) is 2.88. The first kappa shape index (κ1) is 17.0. The lowest BCUT2D eigenvalue weighted by molar-refractivity contribution is 0.0524. The fourth-order valence-electron chi connectivity index (χ4n) is 2.62. The monoisotopic (exact) mass is 353 g/mol. The van der Waals surface area contributed by atoms with Gasteiger partial charge < -0.3 is 4.74 Å². The highest BCUT2D eigenvalue weighted by molar-refractivity contribution is 6.33. The highest BCUT2D eigenvalue weighted by Crippen LogP contribution is 2.26. The van der Waals surface area contributed by atoms with Gasteiger partial charge in [-0.25, -0.2) is 4.79 Å². The van der Waals surface area contributed by atoms with E-state index in [-0.39, 0.29) is 17.2 Å². The van der Waals surface area contributed by atoms with E-state index in [9.17, 15) is 9.59 Å². The molecule has 1 aromatic heterocycles. The van der Waals surface area contributed by atoms with Crippen molar-refractivity contribution in [2.75, 3.05) is 6.61 Å². The number of hydrogen-bond donors (Lipinski definition) is 0. The van der Waals surface area contributed by atoms with Gasteiger partial charge in [-0.3, -0.25) is 9.36 Å². The van der Waals surface area contributed by atoms with Gasteiger partial charge in [0.1, 0.15) is 5.56 Å². The minimum Gasteiger partial charge on any atom is -0.462 e. The third-order valence-corrected chi connectivity index (χ3v) is 4.02. The molecule has 0 aliphatic heterocycles. The number of hydrogen-bond acceptors (Lipinski definition) is 3. The summed E-state index contributed by atoms with van der Waals surface area (Å²) in [5.41, 5.74) is 1.41. The van der Waals surface area contributed by atoms with Crippen molar-refractivity contribution in [3.63, 3.8) is 0 Å². The quantitative estimate of drug-likeness (QED) is 0.656. The molecule has 0 amide bonds. The first-order chi connectivity index (χ1) is 12.1. The molecule has 5 heteroatoms. The van der Waals surface area contributed by atoms with Gasteiger partial charge >= 0.3 is 5.97 Å². The van der Waals surface area contributed by atoms with E-state index in [4.69, 9.17) is 16.3 Å². The van der Waals surface area contributed by atoms with Crippen molar-refractivity contribution in [2.24, 2.45) is 0 Å². The van der Waals surface area contributed by atoms with Crippen molar-refractivity contribution in [2.45, 2.75) is 6.92 Å². The smallest absolute Gasteiger partial charge is 0.345 e. The van der Waals surface area contributed by atoms with Gasteiger partial charge in [0.05, 0.1) is 17.3 Å². The number of pyridine rings is 1. The molecule has 0 atom stereocenters. The summed E-state index contributed by atoms with van der Waals surface area (Å²) in [5.74, 6) is -0.721. The lowest BCUT2D eigenvalue weighted by atomic mass is 10.1. The fraction of sp³-hybridized carbons (Fsp3) is 0.100. The van der Waals surface area contributed by atoms with Crippen LogP contribution >= 0.6 is 11.6 Å². The van der Waals surface area contributed by atoms with E-state index in [0.29, 0.717) is 11.4 Å². The Labute approximate surface area is 150 Å². The summed E-state index contributed by atoms with van der Waals surface area (Å²) >= 11 is 6.26. The molecule has 0 aliphatic carbocycles. The molecule has 0 bridgehead atoms. The highest BCUT2D eigenvalue weighted by atomic mass is 35.5. The maximum absolute atomic E-state index is 13.1. The van der Waals surface area contributed by atoms with Gasteiger partial charge in [-0.05, 0) is 30.7 Å². The van der Waals surface area contributed by atoms with Crippen LogP contribution < -0.4 is 5.56 Å². The van der Waals surface area contributed by atoms with Crippen molar-refractivity contribution in [3.05, 3.63) is 87.7 Å². The summed E-state index contributed by atoms with van der Waals surface area (Å²) in [6.07, 6.45) is 0. The molecule has 25 heavy (non-hydrogen) atoms. The van der Waals surface area contributed by atoms with Crippen LogP contribution in [0.25, 0.3) is 16.9 Å². The lowest BCUT2D eigenvalue weighted by Gasteiger charge is -2.16. The zero-order valence-electron chi connectivity index (χ0n) is 13.6. The molecule has 3 rings (SSSR count). The lowest BCUT2D eigenvalue weighted by Crippen LogP contribution is -2.28. The number of carbonyl (C=O) groups excluding carboxylic acids is 1. The number of para-hydroxylation sites is 1. The minimum absolute atomic E-state index is 0.0782. The van der Waals surface area contributed by atoms with Gasteiger partial charge in [0, 0.05) is 5.69 Å². The van der Waals surface area contributed by atoms with E-state index >= 15 is 0 Å². The molecule has 2 aromatic carbocycles. The van der Waals surface area contributed by atoms with Crippen molar-refractivity contribution in [3.8, 4) is 16.9 Å². The number of esters is 1. The molecular formula is C20H16ClNO3. The van der Waals surface area contributed by atoms with Crippen LogP contribution in [0.2, 0.25) is 5.02 Å². The Kier molecular flexibility index (Phi) is 5.00. The largest absolute Gasteiger partial charge is 0.462 e. The first-order valence-corrected chi connectivity index (χ1v) is 8.24. The number of aromatic nitrogens is 1. The third kappa shape index (κ3) is 3.35. The Hall–Kier alpha value is -2.85. The predicted octanol–water partition coefficient (Wildman–Crippen LogP) is 4.33. The SMILES string of the molecule is CCOC(=O)c1c(Cl)cc(-c2ccccc2)n(-c2ccccc2)c1=O. The molecule has 0 aliphatic rings. The third-order valence-electron chi connectivity index (χ3n) is 3.72. The molecule has 0 unspecified atom stereocenters. The van der Waals surface area contributed by atoms with E-state index in [2.05, 4.69) is 0 Å². The maximum Gasteiger partial charge on any atom is 0.345 e. The van der Waals surface area contributed by atoms with Crippen LogP contribution in [0, 0.1) is 0 Å². The summed E-state index contributed by atoms with van der Waals surface area (Å²) in [5, 5.41) is 0.0782. The second-order valence-corrected chi connectivity index (χ2v) is 5.72. The molecular weight excluding hydrogens is 338 g/mol. The number of halogens is 1. The average Bonchev–Trinajstić information content (AvgIpc) is 2.63. The van der Waals surface area contributed by atoms with Crippen LogP contribution in [-0.4, -0.2) is 17.1 Å². The standard InChI is InChI=1S/C20H16ClNO3/c1-2-25-20(24)18-16(21)13-17(14-9-5-3-6-10-14)22(19(18)23)15-11-7-4-8-12-15/h3-13H,2H2,1H3. The molecule has 3 aromatic rings. The van der Waals surface area contributed by atoms with Crippen LogP contribution in [-0.2, 0) is 4.74 Å². The Morgan fingerprint density at radius 3 is 2.24 bits per heavy atom. The topological polar surface area (TPSA) is 48.3 Å². The van der Waals surface area contributed by atoms with Gasteiger partial charge in [-0.2, -0.15) is 0 Å². The van der Waals surface area contributed by atoms with E-state index in [1.54, 1.807) is 25.1 Å². The number of nitrogens with zero attached hydrogens (tertiary/aromatic N) is 1. The molecule has 1 heterocycles. The van der Waals surface area contributed by atoms with Crippen LogP contribution in [0.15, 0.2) is 71.5 Å². The summed E-state index contributed by atoms with van der Waals surface area (Å²) in [6, 6.07) is 20.2. The molecule has 0 saturated carbocycles. The molecule has 0 spiro atoms. The van der Waals surface area contributed by atoms with Crippen molar-refractivity contribution < 1.29 is 9.53 Å². The minimum atomic E-state index is -0.721. The summed E-state index contributed by atoms with van der Waals surface area (Å²) in [6.45, 7) is 1.85. The van der Waals surface area contributed by atoms with Gasteiger partial charge in [0.15, 0.2) is 0 Å². The van der Waals surface area contributed by atoms with E-state index in [1.807, 2.05) is 48.5 Å². The molecule has 126 valence electrons. The van der Waals surface area contributed by atoms with E-state index in [1.165, 1.54) is 4.57 Å². The van der Waals surface area contributed by atoms with Crippen molar-refractivity contribution >= 4 is 17.6 Å². The number of rotatable bonds is 4. The number of ether oxygens (including phenoxy) is 1. The molecule has 0 radical (unpaired) electrons. The van der Waals surface area contributed by atoms with Crippen molar-refractivity contribution in [1.29, 1.82) is 0 Å². The van der Waals surface area contributed by atoms with Gasteiger partial charge in [0.25, 0.3) is 5.56 Å². The number of benzene rings is 2. The Bertz CT molecular complexity index is 950. The zero-order valence-corrected chi connectivity index (χ0v) is 14.4. The molecule has 0 N–H and O–H groups in total. The van der Waals surface area contributed by atoms with Gasteiger partial charge in [-0.1, -0.05) is 60.1 Å². The second-order valence-electron chi connectivity index (χ2n) is 5.32. The average molecular weight is 354 g/mol. The van der Waals surface area contributed by atoms with Gasteiger partial charge in [0.2, 0.25) is 0 Å². The molecule has 4 nitrogen and oxygen atoms in total. The zero-order chi connectivity index (χ0) is 17.8. The van der Waals surface area contributed by atoms with Crippen LogP contribution in [0.5, 0.6) is 0 Å². The van der Waals surface area contributed by atoms with Crippen LogP contribution in [0.4, 0.5) is 0 Å². The second kappa shape index (κ2) is 7.36. The normalized spacial score (nSPS) is 10.5. The summed E-state index contributed by atoms with van der Waals surface area (Å²) in [7, 11) is 0. The van der Waals surface area contributed by atoms with E-state index < -0.39 is 11.5 Å². The molecule has 0 saturated heterocycles. The van der Waals surface area contributed by atoms with E-state index in [0.717, 1.165) is 5.56 Å². The van der Waals surface area contributed by atoms with Gasteiger partial charge in [-0.15, -0.1) is 0 Å². The van der Waals surface area contributed by atoms with Crippen molar-refractivity contribution in [1.82, 2.24) is 4.57 Å². The Morgan fingerprint density at radius 2 is 1.64 bits per heavy atom. The number of carbonyl (C=O) groups is 1. The highest BCUT2D eigenvalue weighted by Gasteiger charge is 2.22. The summed E-state index contributed by atoms with van der Waals surface area (Å²) < 4.78 is 6.47. The van der Waals surface area contributed by atoms with Crippen LogP contribution in [0.3, 0.4) is 0 Å². The predicted molar refractivity (Wildman–Crippen MR) is 98.4 cm³/mol. The summed E-state index contributed by atoms with van der Waals surface area (Å²) in [4.78, 5) is 25.3. The maximum atomic E-state index is 13.1. The van der Waals surface area contributed by atoms with Crippen LogP contribution in [0.1, 0.15) is 17.3 Å². The molecule has 0 fully saturated rings.